The number of benzene rings is 1. The summed E-state index contributed by atoms with van der Waals surface area (Å²) in [7, 11) is 0. The monoisotopic (exact) mass is 274 g/mol. The Morgan fingerprint density at radius 2 is 2.25 bits per heavy atom. The van der Waals surface area contributed by atoms with Crippen LogP contribution >= 0.6 is 0 Å². The van der Waals surface area contributed by atoms with E-state index in [2.05, 4.69) is 20.5 Å². The third-order valence-electron chi connectivity index (χ3n) is 2.60. The minimum atomic E-state index is -0.931. The second kappa shape index (κ2) is 4.57. The first-order valence-corrected chi connectivity index (χ1v) is 5.54. The van der Waals surface area contributed by atoms with Crippen molar-refractivity contribution in [3.8, 4) is 0 Å². The number of anilines is 1. The summed E-state index contributed by atoms with van der Waals surface area (Å²) in [6, 6.07) is 5.41. The number of hydrogen-bond donors (Lipinski definition) is 2. The van der Waals surface area contributed by atoms with E-state index in [1.807, 2.05) is 0 Å². The number of para-hydroxylation sites is 1. The number of carbonyl (C=O) groups is 1. The molecular weight excluding hydrogens is 267 g/mol. The molecule has 1 aromatic carbocycles. The average molecular weight is 274 g/mol. The molecule has 0 fully saturated rings. The smallest absolute Gasteiger partial charge is 0.349 e. The van der Waals surface area contributed by atoms with Crippen molar-refractivity contribution in [2.24, 2.45) is 0 Å². The van der Waals surface area contributed by atoms with Gasteiger partial charge in [-0.25, -0.2) is 14.3 Å². The van der Waals surface area contributed by atoms with Gasteiger partial charge in [0.05, 0.1) is 0 Å². The van der Waals surface area contributed by atoms with Crippen LogP contribution in [0.2, 0.25) is 0 Å². The maximum atomic E-state index is 13.4. The normalized spacial score (nSPS) is 10.7. The lowest BCUT2D eigenvalue weighted by molar-refractivity contribution is 0.102. The molecule has 2 N–H and O–H groups in total. The van der Waals surface area contributed by atoms with E-state index in [9.17, 15) is 14.0 Å². The standard InChI is InChI=1S/C12H7FN4O3/c13-8-3-1-2-6-4-7(11(19)20-9(6)8)10(18)16-12-14-5-15-17-12/h1-5H,(H2,14,15,16,17,18). The molecule has 3 aromatic rings. The van der Waals surface area contributed by atoms with Gasteiger partial charge in [-0.05, 0) is 12.1 Å². The molecule has 0 aliphatic carbocycles. The number of rotatable bonds is 2. The molecule has 0 saturated carbocycles. The summed E-state index contributed by atoms with van der Waals surface area (Å²) >= 11 is 0. The van der Waals surface area contributed by atoms with Crippen molar-refractivity contribution in [3.05, 3.63) is 52.4 Å². The maximum Gasteiger partial charge on any atom is 0.349 e. The Morgan fingerprint density at radius 1 is 1.40 bits per heavy atom. The summed E-state index contributed by atoms with van der Waals surface area (Å²) in [4.78, 5) is 27.3. The van der Waals surface area contributed by atoms with Crippen molar-refractivity contribution >= 4 is 22.8 Å². The fourth-order valence-corrected chi connectivity index (χ4v) is 1.71. The highest BCUT2D eigenvalue weighted by atomic mass is 19.1. The van der Waals surface area contributed by atoms with Gasteiger partial charge in [0.2, 0.25) is 5.95 Å². The first-order chi connectivity index (χ1) is 9.65. The highest BCUT2D eigenvalue weighted by Gasteiger charge is 2.16. The first kappa shape index (κ1) is 12.0. The molecular formula is C12H7FN4O3. The van der Waals surface area contributed by atoms with Gasteiger partial charge in [-0.1, -0.05) is 12.1 Å². The number of fused-ring (bicyclic) bond motifs is 1. The van der Waals surface area contributed by atoms with E-state index < -0.39 is 17.3 Å². The number of nitrogens with one attached hydrogen (secondary N) is 2. The van der Waals surface area contributed by atoms with E-state index in [4.69, 9.17) is 4.42 Å². The van der Waals surface area contributed by atoms with Crippen molar-refractivity contribution < 1.29 is 13.6 Å². The number of halogens is 1. The fraction of sp³-hybridized carbons (Fsp3) is 0. The van der Waals surface area contributed by atoms with E-state index in [0.29, 0.717) is 5.39 Å². The third-order valence-corrected chi connectivity index (χ3v) is 2.60. The van der Waals surface area contributed by atoms with Crippen molar-refractivity contribution in [1.29, 1.82) is 0 Å². The molecule has 0 bridgehead atoms. The van der Waals surface area contributed by atoms with Crippen LogP contribution in [-0.2, 0) is 0 Å². The van der Waals surface area contributed by atoms with Gasteiger partial charge in [0.25, 0.3) is 5.91 Å². The topological polar surface area (TPSA) is 101 Å². The molecule has 0 aliphatic heterocycles. The fourth-order valence-electron chi connectivity index (χ4n) is 1.71. The molecule has 0 atom stereocenters. The molecule has 0 radical (unpaired) electrons. The van der Waals surface area contributed by atoms with Crippen molar-refractivity contribution in [3.63, 3.8) is 0 Å². The van der Waals surface area contributed by atoms with Gasteiger partial charge in [0, 0.05) is 5.39 Å². The number of hydrogen-bond acceptors (Lipinski definition) is 5. The zero-order valence-electron chi connectivity index (χ0n) is 9.88. The van der Waals surface area contributed by atoms with Crippen LogP contribution in [0.3, 0.4) is 0 Å². The van der Waals surface area contributed by atoms with Gasteiger partial charge >= 0.3 is 5.63 Å². The molecule has 0 saturated heterocycles. The maximum absolute atomic E-state index is 13.4. The van der Waals surface area contributed by atoms with Gasteiger partial charge in [-0.3, -0.25) is 10.1 Å². The molecule has 0 unspecified atom stereocenters. The molecule has 2 aromatic heterocycles. The van der Waals surface area contributed by atoms with E-state index >= 15 is 0 Å². The highest BCUT2D eigenvalue weighted by molar-refractivity contribution is 6.04. The number of aromatic nitrogens is 3. The van der Waals surface area contributed by atoms with Gasteiger partial charge in [-0.2, -0.15) is 10.1 Å². The second-order valence-corrected chi connectivity index (χ2v) is 3.89. The first-order valence-electron chi connectivity index (χ1n) is 5.54. The van der Waals surface area contributed by atoms with E-state index in [1.165, 1.54) is 30.6 Å². The lowest BCUT2D eigenvalue weighted by Crippen LogP contribution is -2.21. The van der Waals surface area contributed by atoms with E-state index in [1.54, 1.807) is 0 Å². The molecule has 1 amide bonds. The van der Waals surface area contributed by atoms with Crippen LogP contribution < -0.4 is 10.9 Å². The summed E-state index contributed by atoms with van der Waals surface area (Å²) in [5, 5.41) is 8.62. The number of amides is 1. The van der Waals surface area contributed by atoms with E-state index in [-0.39, 0.29) is 17.1 Å². The summed E-state index contributed by atoms with van der Waals surface area (Å²) in [5.41, 5.74) is -1.37. The predicted molar refractivity (Wildman–Crippen MR) is 66.8 cm³/mol. The molecule has 0 spiro atoms. The van der Waals surface area contributed by atoms with Crippen molar-refractivity contribution in [2.75, 3.05) is 5.32 Å². The van der Waals surface area contributed by atoms with Crippen LogP contribution in [0.4, 0.5) is 10.3 Å². The molecule has 3 rings (SSSR count). The number of carbonyl (C=O) groups excluding carboxylic acids is 1. The largest absolute Gasteiger partial charge is 0.419 e. The molecule has 7 nitrogen and oxygen atoms in total. The summed E-state index contributed by atoms with van der Waals surface area (Å²) in [5.74, 6) is -1.29. The number of aromatic amines is 1. The lowest BCUT2D eigenvalue weighted by Gasteiger charge is -2.02. The average Bonchev–Trinajstić information content (AvgIpc) is 2.92. The highest BCUT2D eigenvalue weighted by Crippen LogP contribution is 2.17. The summed E-state index contributed by atoms with van der Waals surface area (Å²) in [6.07, 6.45) is 1.20. The van der Waals surface area contributed by atoms with Gasteiger partial charge in [0.15, 0.2) is 11.4 Å². The Hall–Kier alpha value is -3.03. The van der Waals surface area contributed by atoms with Crippen LogP contribution in [-0.4, -0.2) is 21.1 Å². The van der Waals surface area contributed by atoms with Crippen LogP contribution in [0.1, 0.15) is 10.4 Å². The zero-order valence-corrected chi connectivity index (χ0v) is 9.88. The third kappa shape index (κ3) is 2.03. The molecule has 20 heavy (non-hydrogen) atoms. The van der Waals surface area contributed by atoms with Crippen molar-refractivity contribution in [2.45, 2.75) is 0 Å². The van der Waals surface area contributed by atoms with Crippen LogP contribution in [0.15, 0.2) is 39.8 Å². The minimum absolute atomic E-state index is 0.0914. The Morgan fingerprint density at radius 3 is 3.00 bits per heavy atom. The Balaban J connectivity index is 2.05. The van der Waals surface area contributed by atoms with Crippen LogP contribution in [0.5, 0.6) is 0 Å². The molecule has 2 heterocycles. The number of nitrogens with zero attached hydrogens (tertiary/aromatic N) is 2. The Kier molecular flexibility index (Phi) is 2.75. The second-order valence-electron chi connectivity index (χ2n) is 3.89. The van der Waals surface area contributed by atoms with Crippen molar-refractivity contribution in [1.82, 2.24) is 15.2 Å². The predicted octanol–water partition coefficient (Wildman–Crippen LogP) is 1.30. The molecule has 0 aliphatic rings. The SMILES string of the molecule is O=C(Nc1ncn[nH]1)c1cc2cccc(F)c2oc1=O. The Labute approximate surface area is 110 Å². The van der Waals surface area contributed by atoms with E-state index in [0.717, 1.165) is 0 Å². The summed E-state index contributed by atoms with van der Waals surface area (Å²) < 4.78 is 18.3. The van der Waals surface area contributed by atoms with Crippen LogP contribution in [0.25, 0.3) is 11.0 Å². The molecule has 8 heteroatoms. The quantitative estimate of drug-likeness (QED) is 0.686. The lowest BCUT2D eigenvalue weighted by atomic mass is 10.1. The zero-order chi connectivity index (χ0) is 14.1. The van der Waals surface area contributed by atoms with Gasteiger partial charge in [-0.15, -0.1) is 0 Å². The Bertz CT molecular complexity index is 842. The summed E-state index contributed by atoms with van der Waals surface area (Å²) in [6.45, 7) is 0. The van der Waals surface area contributed by atoms with Gasteiger partial charge < -0.3 is 4.42 Å². The minimum Gasteiger partial charge on any atom is -0.419 e. The van der Waals surface area contributed by atoms with Crippen LogP contribution in [0, 0.1) is 5.82 Å². The van der Waals surface area contributed by atoms with Gasteiger partial charge in [0.1, 0.15) is 11.9 Å². The molecule has 100 valence electrons. The number of H-pyrrole nitrogens is 1.